The van der Waals surface area contributed by atoms with Crippen LogP contribution in [0.25, 0.3) is 21.9 Å². The van der Waals surface area contributed by atoms with E-state index in [0.717, 1.165) is 31.9 Å². The minimum absolute atomic E-state index is 0.186. The van der Waals surface area contributed by atoms with Gasteiger partial charge in [0.1, 0.15) is 11.6 Å². The number of H-pyrrole nitrogens is 1. The number of hydrogen-bond acceptors (Lipinski definition) is 4. The maximum atomic E-state index is 12.9. The highest BCUT2D eigenvalue weighted by Crippen LogP contribution is 2.28. The van der Waals surface area contributed by atoms with Crippen LogP contribution in [0.1, 0.15) is 21.7 Å². The lowest BCUT2D eigenvalue weighted by Gasteiger charge is -2.15. The fourth-order valence-corrected chi connectivity index (χ4v) is 3.85. The number of aromatic amines is 1. The van der Waals surface area contributed by atoms with Crippen LogP contribution >= 0.6 is 15.9 Å². The molecule has 2 heterocycles. The van der Waals surface area contributed by atoms with Crippen LogP contribution in [0.15, 0.2) is 57.6 Å². The first-order valence-corrected chi connectivity index (χ1v) is 9.89. The number of halogens is 1. The number of methoxy groups -OCH3 is 1. The molecule has 0 aliphatic heterocycles. The Hall–Kier alpha value is -3.06. The van der Waals surface area contributed by atoms with Gasteiger partial charge in [-0.25, -0.2) is 4.79 Å². The summed E-state index contributed by atoms with van der Waals surface area (Å²) in [5, 5.41) is 4.61. The average molecular weight is 455 g/mol. The van der Waals surface area contributed by atoms with E-state index >= 15 is 0 Å². The van der Waals surface area contributed by atoms with Gasteiger partial charge in [-0.1, -0.05) is 34.1 Å². The molecular formula is C22H19BrN2O4. The van der Waals surface area contributed by atoms with E-state index < -0.39 is 17.9 Å². The van der Waals surface area contributed by atoms with Crippen LogP contribution < -0.4 is 5.32 Å². The van der Waals surface area contributed by atoms with Crippen LogP contribution in [-0.4, -0.2) is 30.0 Å². The number of benzene rings is 2. The van der Waals surface area contributed by atoms with Gasteiger partial charge in [0, 0.05) is 38.9 Å². The Kier molecular flexibility index (Phi) is 5.15. The van der Waals surface area contributed by atoms with Crippen molar-refractivity contribution in [3.63, 3.8) is 0 Å². The zero-order valence-electron chi connectivity index (χ0n) is 15.9. The predicted octanol–water partition coefficient (Wildman–Crippen LogP) is 4.50. The molecule has 4 aromatic rings. The molecule has 7 heteroatoms. The van der Waals surface area contributed by atoms with Gasteiger partial charge in [-0.2, -0.15) is 0 Å². The topological polar surface area (TPSA) is 84.3 Å². The molecule has 0 spiro atoms. The first-order chi connectivity index (χ1) is 14.0. The van der Waals surface area contributed by atoms with E-state index in [1.807, 2.05) is 49.5 Å². The minimum Gasteiger partial charge on any atom is -0.467 e. The first-order valence-electron chi connectivity index (χ1n) is 9.10. The molecule has 1 unspecified atom stereocenters. The molecule has 0 fully saturated rings. The van der Waals surface area contributed by atoms with E-state index in [1.165, 1.54) is 7.11 Å². The van der Waals surface area contributed by atoms with Gasteiger partial charge in [0.2, 0.25) is 0 Å². The van der Waals surface area contributed by atoms with Crippen LogP contribution in [0, 0.1) is 6.92 Å². The van der Waals surface area contributed by atoms with Gasteiger partial charge in [-0.3, -0.25) is 4.79 Å². The quantitative estimate of drug-likeness (QED) is 0.434. The van der Waals surface area contributed by atoms with Crippen LogP contribution in [0.5, 0.6) is 0 Å². The summed E-state index contributed by atoms with van der Waals surface area (Å²) in [5.74, 6) is -0.781. The third-order valence-electron chi connectivity index (χ3n) is 4.99. The Morgan fingerprint density at radius 3 is 2.79 bits per heavy atom. The summed E-state index contributed by atoms with van der Waals surface area (Å²) in [6.45, 7) is 1.82. The lowest BCUT2D eigenvalue weighted by atomic mass is 10.0. The second-order valence-corrected chi connectivity index (χ2v) is 7.73. The molecule has 2 aromatic carbocycles. The van der Waals surface area contributed by atoms with E-state index in [-0.39, 0.29) is 5.76 Å². The number of aromatic nitrogens is 1. The van der Waals surface area contributed by atoms with Gasteiger partial charge >= 0.3 is 5.97 Å². The Bertz CT molecular complexity index is 1220. The molecule has 2 aromatic heterocycles. The van der Waals surface area contributed by atoms with Gasteiger partial charge < -0.3 is 19.5 Å². The van der Waals surface area contributed by atoms with E-state index in [0.29, 0.717) is 12.0 Å². The Morgan fingerprint density at radius 2 is 2.00 bits per heavy atom. The number of hydrogen-bond donors (Lipinski definition) is 2. The van der Waals surface area contributed by atoms with Crippen molar-refractivity contribution in [1.29, 1.82) is 0 Å². The molecule has 0 radical (unpaired) electrons. The van der Waals surface area contributed by atoms with E-state index in [9.17, 15) is 9.59 Å². The highest BCUT2D eigenvalue weighted by Gasteiger charge is 2.26. The third-order valence-corrected chi connectivity index (χ3v) is 5.49. The largest absolute Gasteiger partial charge is 0.467 e. The van der Waals surface area contributed by atoms with E-state index in [1.54, 1.807) is 6.07 Å². The highest BCUT2D eigenvalue weighted by atomic mass is 79.9. The fourth-order valence-electron chi connectivity index (χ4n) is 3.49. The Balaban J connectivity index is 1.62. The number of fused-ring (bicyclic) bond motifs is 2. The number of para-hydroxylation sites is 1. The standard InChI is InChI=1S/C22H19BrN2O4/c1-12-16-10-14(23)7-8-19(16)29-20(12)21(26)25-18(22(27)28-2)9-13-11-24-17-6-4-3-5-15(13)17/h3-8,10-11,18,24H,9H2,1-2H3,(H,25,26). The minimum atomic E-state index is -0.842. The molecule has 1 atom stereocenters. The third kappa shape index (κ3) is 3.65. The summed E-state index contributed by atoms with van der Waals surface area (Å²) >= 11 is 3.43. The lowest BCUT2D eigenvalue weighted by molar-refractivity contribution is -0.142. The number of rotatable bonds is 5. The van der Waals surface area contributed by atoms with Crippen LogP contribution in [-0.2, 0) is 16.0 Å². The average Bonchev–Trinajstić information content (AvgIpc) is 3.28. The number of carbonyl (C=O) groups is 2. The molecular weight excluding hydrogens is 436 g/mol. The van der Waals surface area contributed by atoms with Crippen molar-refractivity contribution in [3.05, 3.63) is 70.0 Å². The number of amides is 1. The Morgan fingerprint density at radius 1 is 1.21 bits per heavy atom. The number of furan rings is 1. The summed E-state index contributed by atoms with van der Waals surface area (Å²) in [6.07, 6.45) is 2.14. The molecule has 1 amide bonds. The molecule has 148 valence electrons. The summed E-state index contributed by atoms with van der Waals surface area (Å²) in [5.41, 5.74) is 3.22. The zero-order valence-corrected chi connectivity index (χ0v) is 17.5. The van der Waals surface area contributed by atoms with Crippen molar-refractivity contribution in [2.24, 2.45) is 0 Å². The number of ether oxygens (including phenoxy) is 1. The second kappa shape index (κ2) is 7.75. The molecule has 4 rings (SSSR count). The van der Waals surface area contributed by atoms with Crippen molar-refractivity contribution in [3.8, 4) is 0 Å². The van der Waals surface area contributed by atoms with Gasteiger partial charge in [-0.05, 0) is 36.8 Å². The molecule has 0 aliphatic rings. The van der Waals surface area contributed by atoms with Crippen molar-refractivity contribution < 1.29 is 18.7 Å². The fraction of sp³-hybridized carbons (Fsp3) is 0.182. The lowest BCUT2D eigenvalue weighted by Crippen LogP contribution is -2.43. The number of esters is 1. The molecule has 29 heavy (non-hydrogen) atoms. The highest BCUT2D eigenvalue weighted by molar-refractivity contribution is 9.10. The Labute approximate surface area is 175 Å². The monoisotopic (exact) mass is 454 g/mol. The predicted molar refractivity (Wildman–Crippen MR) is 114 cm³/mol. The zero-order chi connectivity index (χ0) is 20.5. The smallest absolute Gasteiger partial charge is 0.328 e. The van der Waals surface area contributed by atoms with Crippen molar-refractivity contribution in [2.75, 3.05) is 7.11 Å². The SMILES string of the molecule is COC(=O)C(Cc1c[nH]c2ccccc12)NC(=O)c1oc2ccc(Br)cc2c1C. The maximum Gasteiger partial charge on any atom is 0.328 e. The normalized spacial score (nSPS) is 12.2. The second-order valence-electron chi connectivity index (χ2n) is 6.81. The summed E-state index contributed by atoms with van der Waals surface area (Å²) in [7, 11) is 1.31. The van der Waals surface area contributed by atoms with Crippen molar-refractivity contribution in [2.45, 2.75) is 19.4 Å². The van der Waals surface area contributed by atoms with Gasteiger partial charge in [0.15, 0.2) is 5.76 Å². The summed E-state index contributed by atoms with van der Waals surface area (Å²) in [4.78, 5) is 28.4. The number of aryl methyl sites for hydroxylation is 1. The van der Waals surface area contributed by atoms with Gasteiger partial charge in [-0.15, -0.1) is 0 Å². The summed E-state index contributed by atoms with van der Waals surface area (Å²) < 4.78 is 11.6. The number of carbonyl (C=O) groups excluding carboxylic acids is 2. The molecule has 0 saturated heterocycles. The van der Waals surface area contributed by atoms with Gasteiger partial charge in [0.25, 0.3) is 5.91 Å². The van der Waals surface area contributed by atoms with Crippen molar-refractivity contribution in [1.82, 2.24) is 10.3 Å². The van der Waals surface area contributed by atoms with Crippen LogP contribution in [0.3, 0.4) is 0 Å². The molecule has 6 nitrogen and oxygen atoms in total. The molecule has 2 N–H and O–H groups in total. The summed E-state index contributed by atoms with van der Waals surface area (Å²) in [6, 6.07) is 12.5. The van der Waals surface area contributed by atoms with Gasteiger partial charge in [0.05, 0.1) is 7.11 Å². The molecule has 0 bridgehead atoms. The maximum absolute atomic E-state index is 12.9. The number of nitrogens with one attached hydrogen (secondary N) is 2. The molecule has 0 saturated carbocycles. The van der Waals surface area contributed by atoms with Crippen LogP contribution in [0.2, 0.25) is 0 Å². The van der Waals surface area contributed by atoms with Crippen LogP contribution in [0.4, 0.5) is 0 Å². The van der Waals surface area contributed by atoms with E-state index in [2.05, 4.69) is 26.2 Å². The van der Waals surface area contributed by atoms with Crippen molar-refractivity contribution >= 4 is 49.7 Å². The first kappa shape index (κ1) is 19.3. The molecule has 0 aliphatic carbocycles. The van der Waals surface area contributed by atoms with E-state index in [4.69, 9.17) is 9.15 Å².